The van der Waals surface area contributed by atoms with E-state index in [2.05, 4.69) is 6.58 Å². The normalized spacial score (nSPS) is 27.1. The number of ether oxygens (including phenoxy) is 2. The van der Waals surface area contributed by atoms with Crippen LogP contribution in [0.25, 0.3) is 0 Å². The number of rotatable bonds is 1. The van der Waals surface area contributed by atoms with Crippen molar-refractivity contribution in [3.8, 4) is 0 Å². The lowest BCUT2D eigenvalue weighted by atomic mass is 10.4. The van der Waals surface area contributed by atoms with Crippen molar-refractivity contribution in [2.24, 2.45) is 0 Å². The molecule has 1 unspecified atom stereocenters. The molecule has 3 heteroatoms. The van der Waals surface area contributed by atoms with E-state index in [1.54, 1.807) is 0 Å². The van der Waals surface area contributed by atoms with Crippen LogP contribution in [0.4, 0.5) is 0 Å². The molecule has 1 heterocycles. The molecule has 0 aliphatic carbocycles. The van der Waals surface area contributed by atoms with E-state index in [0.29, 0.717) is 12.6 Å². The average molecular weight is 116 g/mol. The quantitative estimate of drug-likeness (QED) is 0.518. The Morgan fingerprint density at radius 1 is 1.88 bits per heavy atom. The van der Waals surface area contributed by atoms with Crippen LogP contribution in [0.15, 0.2) is 12.5 Å². The summed E-state index contributed by atoms with van der Waals surface area (Å²) < 4.78 is 9.62. The molecule has 0 saturated carbocycles. The highest BCUT2D eigenvalue weighted by molar-refractivity contribution is 4.78. The summed E-state index contributed by atoms with van der Waals surface area (Å²) in [7, 11) is 0. The summed E-state index contributed by atoms with van der Waals surface area (Å²) in [5.74, 6) is 0.309. The van der Waals surface area contributed by atoms with E-state index >= 15 is 0 Å². The van der Waals surface area contributed by atoms with Gasteiger partial charge in [-0.3, -0.25) is 0 Å². The molecule has 0 aromatic heterocycles. The first-order valence-corrected chi connectivity index (χ1v) is 2.42. The molecule has 1 aliphatic heterocycles. The van der Waals surface area contributed by atoms with Crippen LogP contribution >= 0.6 is 0 Å². The highest BCUT2D eigenvalue weighted by Crippen LogP contribution is 2.11. The molecule has 46 valence electrons. The van der Waals surface area contributed by atoms with Gasteiger partial charge in [-0.15, -0.1) is 0 Å². The van der Waals surface area contributed by atoms with Gasteiger partial charge in [-0.1, -0.05) is 0 Å². The molecule has 1 saturated heterocycles. The molecule has 1 atom stereocenters. The van der Waals surface area contributed by atoms with E-state index in [4.69, 9.17) is 14.6 Å². The molecule has 8 heavy (non-hydrogen) atoms. The summed E-state index contributed by atoms with van der Waals surface area (Å²) in [5.41, 5.74) is 0. The molecule has 0 radical (unpaired) electrons. The summed E-state index contributed by atoms with van der Waals surface area (Å²) >= 11 is 0. The molecular formula is C5H8O3. The van der Waals surface area contributed by atoms with E-state index in [9.17, 15) is 0 Å². The summed E-state index contributed by atoms with van der Waals surface area (Å²) in [6, 6.07) is 0. The molecular weight excluding hydrogens is 108 g/mol. The van der Waals surface area contributed by atoms with Crippen molar-refractivity contribution >= 4 is 0 Å². The largest absolute Gasteiger partial charge is 0.462 e. The van der Waals surface area contributed by atoms with E-state index in [0.717, 1.165) is 0 Å². The molecule has 3 nitrogen and oxygen atoms in total. The Hall–Kier alpha value is -0.700. The highest BCUT2D eigenvalue weighted by Gasteiger charge is 2.18. The van der Waals surface area contributed by atoms with Crippen LogP contribution < -0.4 is 0 Å². The smallest absolute Gasteiger partial charge is 0.272 e. The molecule has 1 aliphatic rings. The molecule has 1 fully saturated rings. The van der Waals surface area contributed by atoms with Gasteiger partial charge in [0.15, 0.2) is 6.10 Å². The number of hydrogen-bond acceptors (Lipinski definition) is 3. The van der Waals surface area contributed by atoms with Crippen LogP contribution in [-0.4, -0.2) is 24.4 Å². The van der Waals surface area contributed by atoms with Gasteiger partial charge in [-0.2, -0.15) is 0 Å². The number of aliphatic hydroxyl groups is 1. The van der Waals surface area contributed by atoms with Gasteiger partial charge in [-0.05, 0) is 6.58 Å². The first-order chi connectivity index (χ1) is 3.83. The lowest BCUT2D eigenvalue weighted by Gasteiger charge is -1.98. The third-order valence-corrected chi connectivity index (χ3v) is 0.932. The van der Waals surface area contributed by atoms with Gasteiger partial charge >= 0.3 is 0 Å². The second kappa shape index (κ2) is 2.05. The fourth-order valence-corrected chi connectivity index (χ4v) is 0.530. The molecule has 1 rings (SSSR count). The Labute approximate surface area is 47.5 Å². The van der Waals surface area contributed by atoms with Gasteiger partial charge in [0.2, 0.25) is 0 Å². The van der Waals surface area contributed by atoms with Gasteiger partial charge < -0.3 is 14.6 Å². The fraction of sp³-hybridized carbons (Fsp3) is 0.600. The monoisotopic (exact) mass is 116 g/mol. The zero-order chi connectivity index (χ0) is 5.98. The fourth-order valence-electron chi connectivity index (χ4n) is 0.530. The summed E-state index contributed by atoms with van der Waals surface area (Å²) in [6.45, 7) is 3.82. The Kier molecular flexibility index (Phi) is 1.39. The maximum Gasteiger partial charge on any atom is 0.272 e. The lowest BCUT2D eigenvalue weighted by molar-refractivity contribution is 0.0943. The average Bonchev–Trinajstić information content (AvgIpc) is 2.14. The minimum Gasteiger partial charge on any atom is -0.462 e. The molecule has 0 amide bonds. The van der Waals surface area contributed by atoms with Gasteiger partial charge in [0, 0.05) is 0 Å². The topological polar surface area (TPSA) is 38.7 Å². The van der Waals surface area contributed by atoms with Gasteiger partial charge in [0.25, 0.3) is 5.95 Å². The van der Waals surface area contributed by atoms with Crippen LogP contribution in [0.5, 0.6) is 0 Å². The number of hydrogen-bond donors (Lipinski definition) is 1. The zero-order valence-corrected chi connectivity index (χ0v) is 4.46. The Morgan fingerprint density at radius 2 is 2.62 bits per heavy atom. The van der Waals surface area contributed by atoms with Crippen molar-refractivity contribution in [2.75, 3.05) is 13.2 Å². The second-order valence-electron chi connectivity index (χ2n) is 1.61. The van der Waals surface area contributed by atoms with E-state index in [1.165, 1.54) is 0 Å². The molecule has 0 spiro atoms. The zero-order valence-electron chi connectivity index (χ0n) is 4.46. The van der Waals surface area contributed by atoms with E-state index in [1.807, 2.05) is 0 Å². The second-order valence-corrected chi connectivity index (χ2v) is 1.61. The summed E-state index contributed by atoms with van der Waals surface area (Å²) in [6.07, 6.45) is -0.192. The Morgan fingerprint density at radius 3 is 2.88 bits per heavy atom. The molecule has 0 aromatic carbocycles. The minimum absolute atomic E-state index is 0.000972. The van der Waals surface area contributed by atoms with Crippen LogP contribution in [-0.2, 0) is 9.47 Å². The van der Waals surface area contributed by atoms with E-state index in [-0.39, 0.29) is 12.7 Å². The molecule has 0 aromatic rings. The van der Waals surface area contributed by atoms with Crippen molar-refractivity contribution in [1.29, 1.82) is 0 Å². The van der Waals surface area contributed by atoms with Crippen LogP contribution in [0.2, 0.25) is 0 Å². The molecule has 1 N–H and O–H groups in total. The summed E-state index contributed by atoms with van der Waals surface area (Å²) in [4.78, 5) is 0. The predicted octanol–water partition coefficient (Wildman–Crippen LogP) is -0.135. The lowest BCUT2D eigenvalue weighted by Crippen LogP contribution is -2.13. The van der Waals surface area contributed by atoms with Crippen LogP contribution in [0.1, 0.15) is 0 Å². The maximum absolute atomic E-state index is 8.44. The van der Waals surface area contributed by atoms with Crippen molar-refractivity contribution < 1.29 is 14.6 Å². The van der Waals surface area contributed by atoms with Crippen molar-refractivity contribution in [2.45, 2.75) is 6.10 Å². The first kappa shape index (κ1) is 5.44. The maximum atomic E-state index is 8.44. The SMILES string of the molecule is C=C1OCC(CO)O1. The highest BCUT2D eigenvalue weighted by atomic mass is 16.7. The Balaban J connectivity index is 2.32. The van der Waals surface area contributed by atoms with Crippen molar-refractivity contribution in [1.82, 2.24) is 0 Å². The van der Waals surface area contributed by atoms with E-state index < -0.39 is 0 Å². The van der Waals surface area contributed by atoms with Crippen molar-refractivity contribution in [3.63, 3.8) is 0 Å². The van der Waals surface area contributed by atoms with Gasteiger partial charge in [-0.25, -0.2) is 0 Å². The van der Waals surface area contributed by atoms with Crippen molar-refractivity contribution in [3.05, 3.63) is 12.5 Å². The minimum atomic E-state index is -0.192. The number of aliphatic hydroxyl groups excluding tert-OH is 1. The summed E-state index contributed by atoms with van der Waals surface area (Å²) in [5, 5.41) is 8.44. The standard InChI is InChI=1S/C5H8O3/c1-4-7-3-5(2-6)8-4/h5-6H,1-3H2. The predicted molar refractivity (Wildman–Crippen MR) is 27.1 cm³/mol. The Bertz CT molecular complexity index is 99.8. The molecule has 0 bridgehead atoms. The van der Waals surface area contributed by atoms with Crippen LogP contribution in [0, 0.1) is 0 Å². The van der Waals surface area contributed by atoms with Gasteiger partial charge in [0.05, 0.1) is 6.61 Å². The third kappa shape index (κ3) is 0.924. The third-order valence-electron chi connectivity index (χ3n) is 0.932. The first-order valence-electron chi connectivity index (χ1n) is 2.42. The van der Waals surface area contributed by atoms with Crippen LogP contribution in [0.3, 0.4) is 0 Å². The van der Waals surface area contributed by atoms with Gasteiger partial charge in [0.1, 0.15) is 6.61 Å².